The van der Waals surface area contributed by atoms with Gasteiger partial charge in [-0.05, 0) is 24.3 Å². The van der Waals surface area contributed by atoms with E-state index in [1.165, 1.54) is 0 Å². The summed E-state index contributed by atoms with van der Waals surface area (Å²) in [5.74, 6) is 0.772. The molecule has 1 aliphatic heterocycles. The predicted octanol–water partition coefficient (Wildman–Crippen LogP) is 3.31. The maximum absolute atomic E-state index is 12.2. The monoisotopic (exact) mass is 239 g/mol. The summed E-state index contributed by atoms with van der Waals surface area (Å²) in [7, 11) is 0. The Labute approximate surface area is 105 Å². The lowest BCUT2D eigenvalue weighted by molar-refractivity contribution is -0.114. The molecule has 2 aromatic rings. The smallest absolute Gasteiger partial charge is 0.254 e. The number of furan rings is 1. The molecule has 0 radical (unpaired) electrons. The number of nitrogens with zero attached hydrogens (tertiary/aromatic N) is 1. The van der Waals surface area contributed by atoms with Crippen LogP contribution in [0.3, 0.4) is 0 Å². The van der Waals surface area contributed by atoms with Crippen LogP contribution in [0.15, 0.2) is 65.3 Å². The summed E-state index contributed by atoms with van der Waals surface area (Å²) < 4.78 is 5.43. The van der Waals surface area contributed by atoms with Crippen LogP contribution in [-0.4, -0.2) is 5.91 Å². The normalized spacial score (nSPS) is 19.6. The van der Waals surface area contributed by atoms with Crippen molar-refractivity contribution in [2.75, 3.05) is 4.90 Å². The van der Waals surface area contributed by atoms with Gasteiger partial charge in [0.25, 0.3) is 5.91 Å². The third-order valence-corrected chi connectivity index (χ3v) is 3.18. The maximum Gasteiger partial charge on any atom is 0.254 e. The highest BCUT2D eigenvalue weighted by Crippen LogP contribution is 2.38. The van der Waals surface area contributed by atoms with E-state index in [0.717, 1.165) is 11.4 Å². The fraction of sp³-hybridized carbons (Fsp3) is 0.133. The highest BCUT2D eigenvalue weighted by Gasteiger charge is 2.37. The molecule has 18 heavy (non-hydrogen) atoms. The van der Waals surface area contributed by atoms with Crippen LogP contribution in [0.25, 0.3) is 0 Å². The van der Waals surface area contributed by atoms with Gasteiger partial charge in [-0.15, -0.1) is 0 Å². The number of amides is 1. The van der Waals surface area contributed by atoms with E-state index in [9.17, 15) is 4.79 Å². The fourth-order valence-electron chi connectivity index (χ4n) is 2.32. The summed E-state index contributed by atoms with van der Waals surface area (Å²) >= 11 is 0. The number of carbonyl (C=O) groups excluding carboxylic acids is 1. The van der Waals surface area contributed by atoms with Crippen molar-refractivity contribution >= 4 is 11.6 Å². The largest absolute Gasteiger partial charge is 0.467 e. The topological polar surface area (TPSA) is 33.5 Å². The minimum Gasteiger partial charge on any atom is -0.467 e. The highest BCUT2D eigenvalue weighted by molar-refractivity contribution is 6.08. The van der Waals surface area contributed by atoms with Crippen LogP contribution in [0.1, 0.15) is 18.2 Å². The highest BCUT2D eigenvalue weighted by atomic mass is 16.3. The molecule has 90 valence electrons. The summed E-state index contributed by atoms with van der Waals surface area (Å²) in [6.45, 7) is 3.84. The first kappa shape index (κ1) is 10.8. The van der Waals surface area contributed by atoms with E-state index in [0.29, 0.717) is 12.0 Å². The summed E-state index contributed by atoms with van der Waals surface area (Å²) in [5, 5.41) is 0. The van der Waals surface area contributed by atoms with E-state index < -0.39 is 0 Å². The Hall–Kier alpha value is -2.29. The Morgan fingerprint density at radius 1 is 1.17 bits per heavy atom. The van der Waals surface area contributed by atoms with Crippen LogP contribution in [0.2, 0.25) is 0 Å². The fourth-order valence-corrected chi connectivity index (χ4v) is 2.32. The maximum atomic E-state index is 12.2. The van der Waals surface area contributed by atoms with Crippen LogP contribution in [0.5, 0.6) is 0 Å². The quantitative estimate of drug-likeness (QED) is 0.753. The van der Waals surface area contributed by atoms with Gasteiger partial charge in [0, 0.05) is 17.7 Å². The van der Waals surface area contributed by atoms with E-state index in [1.807, 2.05) is 42.5 Å². The molecular formula is C15H13NO2. The number of hydrogen-bond donors (Lipinski definition) is 0. The summed E-state index contributed by atoms with van der Waals surface area (Å²) in [4.78, 5) is 13.9. The van der Waals surface area contributed by atoms with Gasteiger partial charge >= 0.3 is 0 Å². The third kappa shape index (κ3) is 1.64. The number of para-hydroxylation sites is 1. The van der Waals surface area contributed by atoms with E-state index in [1.54, 1.807) is 11.2 Å². The van der Waals surface area contributed by atoms with Crippen molar-refractivity contribution in [1.82, 2.24) is 0 Å². The second kappa shape index (κ2) is 4.18. The lowest BCUT2D eigenvalue weighted by Crippen LogP contribution is -2.27. The van der Waals surface area contributed by atoms with Gasteiger partial charge in [0.15, 0.2) is 0 Å². The number of benzene rings is 1. The van der Waals surface area contributed by atoms with E-state index in [2.05, 4.69) is 6.58 Å². The molecule has 1 aromatic carbocycles. The van der Waals surface area contributed by atoms with Gasteiger partial charge in [-0.3, -0.25) is 9.69 Å². The third-order valence-electron chi connectivity index (χ3n) is 3.18. The van der Waals surface area contributed by atoms with Gasteiger partial charge in [0.1, 0.15) is 5.76 Å². The molecule has 1 fully saturated rings. The molecule has 0 spiro atoms. The van der Waals surface area contributed by atoms with Crippen molar-refractivity contribution in [1.29, 1.82) is 0 Å². The zero-order valence-electron chi connectivity index (χ0n) is 9.87. The molecule has 0 N–H and O–H groups in total. The van der Waals surface area contributed by atoms with Crippen LogP contribution >= 0.6 is 0 Å². The van der Waals surface area contributed by atoms with Gasteiger partial charge in [0.2, 0.25) is 0 Å². The zero-order chi connectivity index (χ0) is 12.5. The van der Waals surface area contributed by atoms with Crippen molar-refractivity contribution in [2.24, 2.45) is 0 Å². The van der Waals surface area contributed by atoms with Crippen molar-refractivity contribution in [2.45, 2.75) is 12.5 Å². The summed E-state index contributed by atoms with van der Waals surface area (Å²) in [6.07, 6.45) is 2.24. The lowest BCUT2D eigenvalue weighted by Gasteiger charge is -2.22. The van der Waals surface area contributed by atoms with Crippen LogP contribution in [-0.2, 0) is 4.79 Å². The molecule has 3 rings (SSSR count). The molecule has 2 heterocycles. The minimum absolute atomic E-state index is 0.0254. The van der Waals surface area contributed by atoms with E-state index in [4.69, 9.17) is 4.42 Å². The van der Waals surface area contributed by atoms with Crippen LogP contribution in [0.4, 0.5) is 5.69 Å². The average molecular weight is 239 g/mol. The Morgan fingerprint density at radius 3 is 2.61 bits per heavy atom. The predicted molar refractivity (Wildman–Crippen MR) is 69.1 cm³/mol. The van der Waals surface area contributed by atoms with Crippen molar-refractivity contribution < 1.29 is 9.21 Å². The van der Waals surface area contributed by atoms with Crippen molar-refractivity contribution in [3.8, 4) is 0 Å². The molecule has 1 unspecified atom stereocenters. The van der Waals surface area contributed by atoms with Gasteiger partial charge < -0.3 is 4.42 Å². The molecule has 3 heteroatoms. The van der Waals surface area contributed by atoms with Gasteiger partial charge in [0.05, 0.1) is 12.3 Å². The Morgan fingerprint density at radius 2 is 1.94 bits per heavy atom. The first-order valence-electron chi connectivity index (χ1n) is 5.87. The second-order valence-corrected chi connectivity index (χ2v) is 4.35. The molecule has 0 saturated carbocycles. The number of carbonyl (C=O) groups is 1. The van der Waals surface area contributed by atoms with Gasteiger partial charge in [-0.25, -0.2) is 0 Å². The first-order valence-corrected chi connectivity index (χ1v) is 5.87. The minimum atomic E-state index is -0.0811. The molecule has 1 saturated heterocycles. The number of hydrogen-bond acceptors (Lipinski definition) is 2. The average Bonchev–Trinajstić information content (AvgIpc) is 3.00. The summed E-state index contributed by atoms with van der Waals surface area (Å²) in [6, 6.07) is 13.3. The first-order chi connectivity index (χ1) is 8.77. The summed E-state index contributed by atoms with van der Waals surface area (Å²) in [5.41, 5.74) is 1.50. The Bertz CT molecular complexity index is 572. The standard InChI is InChI=1S/C15H13NO2/c1-11-10-13(14-8-5-9-18-14)16(15(11)17)12-6-3-2-4-7-12/h2-9,13H,1,10H2. The van der Waals surface area contributed by atoms with Crippen LogP contribution in [0, 0.1) is 0 Å². The Kier molecular flexibility index (Phi) is 2.52. The molecular weight excluding hydrogens is 226 g/mol. The van der Waals surface area contributed by atoms with Gasteiger partial charge in [-0.2, -0.15) is 0 Å². The molecule has 3 nitrogen and oxygen atoms in total. The van der Waals surface area contributed by atoms with Crippen molar-refractivity contribution in [3.63, 3.8) is 0 Å². The molecule has 0 aliphatic carbocycles. The number of anilines is 1. The zero-order valence-corrected chi connectivity index (χ0v) is 9.87. The van der Waals surface area contributed by atoms with Crippen molar-refractivity contribution in [3.05, 3.63) is 66.6 Å². The molecule has 1 atom stereocenters. The molecule has 1 amide bonds. The van der Waals surface area contributed by atoms with E-state index >= 15 is 0 Å². The molecule has 0 bridgehead atoms. The Balaban J connectivity index is 2.04. The molecule has 1 aliphatic rings. The molecule has 1 aromatic heterocycles. The SMILES string of the molecule is C=C1CC(c2ccco2)N(c2ccccc2)C1=O. The van der Waals surface area contributed by atoms with Crippen LogP contribution < -0.4 is 4.90 Å². The lowest BCUT2D eigenvalue weighted by atomic mass is 10.1. The number of rotatable bonds is 2. The second-order valence-electron chi connectivity index (χ2n) is 4.35. The van der Waals surface area contributed by atoms with E-state index in [-0.39, 0.29) is 11.9 Å². The van der Waals surface area contributed by atoms with Gasteiger partial charge in [-0.1, -0.05) is 24.8 Å².